The van der Waals surface area contributed by atoms with Crippen LogP contribution in [-0.2, 0) is 10.0 Å². The first-order chi connectivity index (χ1) is 12.4. The normalized spacial score (nSPS) is 13.0. The van der Waals surface area contributed by atoms with Crippen molar-refractivity contribution in [2.75, 3.05) is 13.7 Å². The molecular weight excluding hydrogens is 361 g/mol. The van der Waals surface area contributed by atoms with Crippen LogP contribution in [0.15, 0.2) is 57.8 Å². The van der Waals surface area contributed by atoms with E-state index in [1.54, 1.807) is 12.1 Å². The predicted molar refractivity (Wildman–Crippen MR) is 93.9 cm³/mol. The topological polar surface area (TPSA) is 88.8 Å². The maximum absolute atomic E-state index is 13.7. The standard InChI is InChI=1S/C18H18FNO5S/c1-24-17-7-6-13(11-14(17)19)26(22,23)20-9-8-15(21)18-10-12-4-2-3-5-16(12)25-18/h2-7,10-11,15,20-21H,8-9H2,1H3. The van der Waals surface area contributed by atoms with Crippen LogP contribution in [0.4, 0.5) is 4.39 Å². The highest BCUT2D eigenvalue weighted by Crippen LogP contribution is 2.25. The molecule has 0 aliphatic heterocycles. The number of aliphatic hydroxyl groups excluding tert-OH is 1. The van der Waals surface area contributed by atoms with Crippen molar-refractivity contribution in [3.05, 3.63) is 60.1 Å². The lowest BCUT2D eigenvalue weighted by Crippen LogP contribution is -2.26. The third-order valence-electron chi connectivity index (χ3n) is 3.92. The van der Waals surface area contributed by atoms with Crippen LogP contribution in [0.1, 0.15) is 18.3 Å². The lowest BCUT2D eigenvalue weighted by atomic mass is 10.2. The van der Waals surface area contributed by atoms with Crippen LogP contribution in [0.2, 0.25) is 0 Å². The third kappa shape index (κ3) is 3.87. The highest BCUT2D eigenvalue weighted by atomic mass is 32.2. The summed E-state index contributed by atoms with van der Waals surface area (Å²) >= 11 is 0. The maximum atomic E-state index is 13.7. The molecule has 3 aromatic rings. The summed E-state index contributed by atoms with van der Waals surface area (Å²) in [6, 6.07) is 12.4. The molecular formula is C18H18FNO5S. The van der Waals surface area contributed by atoms with Gasteiger partial charge in [-0.3, -0.25) is 0 Å². The molecule has 3 rings (SSSR count). The molecule has 0 spiro atoms. The Balaban J connectivity index is 1.63. The molecule has 0 aliphatic carbocycles. The second kappa shape index (κ2) is 7.45. The van der Waals surface area contributed by atoms with Crippen molar-refractivity contribution in [3.8, 4) is 5.75 Å². The summed E-state index contributed by atoms with van der Waals surface area (Å²) in [5, 5.41) is 11.1. The number of sulfonamides is 1. The summed E-state index contributed by atoms with van der Waals surface area (Å²) in [6.45, 7) is -0.0335. The first-order valence-corrected chi connectivity index (χ1v) is 9.39. The van der Waals surface area contributed by atoms with Gasteiger partial charge in [0.25, 0.3) is 0 Å². The maximum Gasteiger partial charge on any atom is 0.240 e. The minimum Gasteiger partial charge on any atom is -0.494 e. The van der Waals surface area contributed by atoms with E-state index < -0.39 is 21.9 Å². The number of benzene rings is 2. The number of rotatable bonds is 7. The fourth-order valence-corrected chi connectivity index (χ4v) is 3.60. The molecule has 0 fully saturated rings. The Bertz CT molecular complexity index is 982. The Hall–Kier alpha value is -2.42. The summed E-state index contributed by atoms with van der Waals surface area (Å²) in [6.07, 6.45) is -0.852. The summed E-state index contributed by atoms with van der Waals surface area (Å²) in [7, 11) is -2.60. The Morgan fingerprint density at radius 3 is 2.69 bits per heavy atom. The van der Waals surface area contributed by atoms with Gasteiger partial charge in [-0.25, -0.2) is 17.5 Å². The SMILES string of the molecule is COc1ccc(S(=O)(=O)NCCC(O)c2cc3ccccc3o2)cc1F. The molecule has 0 aliphatic rings. The molecule has 0 saturated carbocycles. The molecule has 6 nitrogen and oxygen atoms in total. The van der Waals surface area contributed by atoms with Gasteiger partial charge in [0.15, 0.2) is 11.6 Å². The largest absolute Gasteiger partial charge is 0.494 e. The van der Waals surface area contributed by atoms with Crippen LogP contribution >= 0.6 is 0 Å². The number of hydrogen-bond donors (Lipinski definition) is 2. The third-order valence-corrected chi connectivity index (χ3v) is 5.38. The van der Waals surface area contributed by atoms with E-state index in [4.69, 9.17) is 9.15 Å². The molecule has 0 saturated heterocycles. The fraction of sp³-hybridized carbons (Fsp3) is 0.222. The molecule has 2 aromatic carbocycles. The van der Waals surface area contributed by atoms with Crippen molar-refractivity contribution in [2.24, 2.45) is 0 Å². The van der Waals surface area contributed by atoms with E-state index >= 15 is 0 Å². The molecule has 0 amide bonds. The molecule has 1 aromatic heterocycles. The fourth-order valence-electron chi connectivity index (χ4n) is 2.54. The van der Waals surface area contributed by atoms with Crippen molar-refractivity contribution >= 4 is 21.0 Å². The highest BCUT2D eigenvalue weighted by molar-refractivity contribution is 7.89. The van der Waals surface area contributed by atoms with Crippen molar-refractivity contribution in [1.82, 2.24) is 4.72 Å². The number of hydrogen-bond acceptors (Lipinski definition) is 5. The quantitative estimate of drug-likeness (QED) is 0.659. The van der Waals surface area contributed by atoms with E-state index in [1.165, 1.54) is 19.2 Å². The van der Waals surface area contributed by atoms with Crippen LogP contribution in [0.3, 0.4) is 0 Å². The number of aliphatic hydroxyl groups is 1. The number of ether oxygens (including phenoxy) is 1. The first kappa shape index (κ1) is 18.4. The average Bonchev–Trinajstić information content (AvgIpc) is 3.05. The number of methoxy groups -OCH3 is 1. The van der Waals surface area contributed by atoms with E-state index in [9.17, 15) is 17.9 Å². The Morgan fingerprint density at radius 1 is 1.23 bits per heavy atom. The molecule has 138 valence electrons. The Morgan fingerprint density at radius 2 is 2.00 bits per heavy atom. The smallest absolute Gasteiger partial charge is 0.240 e. The average molecular weight is 379 g/mol. The second-order valence-electron chi connectivity index (χ2n) is 5.69. The van der Waals surface area contributed by atoms with Crippen LogP contribution < -0.4 is 9.46 Å². The van der Waals surface area contributed by atoms with Gasteiger partial charge in [0.1, 0.15) is 17.4 Å². The van der Waals surface area contributed by atoms with E-state index in [1.807, 2.05) is 18.2 Å². The van der Waals surface area contributed by atoms with Crippen molar-refractivity contribution in [1.29, 1.82) is 0 Å². The lowest BCUT2D eigenvalue weighted by Gasteiger charge is -2.10. The zero-order valence-electron chi connectivity index (χ0n) is 14.0. The van der Waals surface area contributed by atoms with Crippen LogP contribution in [0, 0.1) is 5.82 Å². The molecule has 1 unspecified atom stereocenters. The van der Waals surface area contributed by atoms with Crippen LogP contribution in [-0.4, -0.2) is 27.2 Å². The van der Waals surface area contributed by atoms with Gasteiger partial charge in [-0.1, -0.05) is 18.2 Å². The lowest BCUT2D eigenvalue weighted by molar-refractivity contribution is 0.144. The monoisotopic (exact) mass is 379 g/mol. The van der Waals surface area contributed by atoms with Crippen molar-refractivity contribution < 1.29 is 27.1 Å². The van der Waals surface area contributed by atoms with Gasteiger partial charge in [-0.05, 0) is 36.8 Å². The summed E-state index contributed by atoms with van der Waals surface area (Å²) in [5.74, 6) is -0.442. The molecule has 26 heavy (non-hydrogen) atoms. The zero-order chi connectivity index (χ0) is 18.7. The van der Waals surface area contributed by atoms with Gasteiger partial charge in [0, 0.05) is 11.9 Å². The minimum absolute atomic E-state index is 0.0335. The number of para-hydroxylation sites is 1. The summed E-state index contributed by atoms with van der Waals surface area (Å²) in [4.78, 5) is -0.214. The predicted octanol–water partition coefficient (Wildman–Crippen LogP) is 2.98. The molecule has 0 radical (unpaired) electrons. The molecule has 1 heterocycles. The van der Waals surface area contributed by atoms with Gasteiger partial charge < -0.3 is 14.3 Å². The van der Waals surface area contributed by atoms with Crippen LogP contribution in [0.5, 0.6) is 5.75 Å². The number of fused-ring (bicyclic) bond motifs is 1. The highest BCUT2D eigenvalue weighted by Gasteiger charge is 2.18. The van der Waals surface area contributed by atoms with Gasteiger partial charge >= 0.3 is 0 Å². The molecule has 1 atom stereocenters. The van der Waals surface area contributed by atoms with Crippen molar-refractivity contribution in [3.63, 3.8) is 0 Å². The zero-order valence-corrected chi connectivity index (χ0v) is 14.8. The summed E-state index contributed by atoms with van der Waals surface area (Å²) < 4.78 is 50.8. The number of furan rings is 1. The molecule has 8 heteroatoms. The molecule has 2 N–H and O–H groups in total. The van der Waals surface area contributed by atoms with E-state index in [0.717, 1.165) is 11.5 Å². The molecule has 0 bridgehead atoms. The number of nitrogens with one attached hydrogen (secondary N) is 1. The van der Waals surface area contributed by atoms with Gasteiger partial charge in [0.05, 0.1) is 12.0 Å². The van der Waals surface area contributed by atoms with Gasteiger partial charge in [-0.2, -0.15) is 0 Å². The van der Waals surface area contributed by atoms with Crippen LogP contribution in [0.25, 0.3) is 11.0 Å². The minimum atomic E-state index is -3.90. The second-order valence-corrected chi connectivity index (χ2v) is 7.45. The number of halogens is 1. The Kier molecular flexibility index (Phi) is 5.26. The van der Waals surface area contributed by atoms with E-state index in [0.29, 0.717) is 11.3 Å². The van der Waals surface area contributed by atoms with Gasteiger partial charge in [0.2, 0.25) is 10.0 Å². The van der Waals surface area contributed by atoms with E-state index in [-0.39, 0.29) is 23.6 Å². The first-order valence-electron chi connectivity index (χ1n) is 7.90. The van der Waals surface area contributed by atoms with Gasteiger partial charge in [-0.15, -0.1) is 0 Å². The van der Waals surface area contributed by atoms with E-state index in [2.05, 4.69) is 4.72 Å². The van der Waals surface area contributed by atoms with Crippen molar-refractivity contribution in [2.45, 2.75) is 17.4 Å². The summed E-state index contributed by atoms with van der Waals surface area (Å²) in [5.41, 5.74) is 0.649. The Labute approximate surface area is 150 Å².